The Morgan fingerprint density at radius 2 is 2.00 bits per heavy atom. The summed E-state index contributed by atoms with van der Waals surface area (Å²) in [5.41, 5.74) is 1.83. The molecule has 2 fully saturated rings. The summed E-state index contributed by atoms with van der Waals surface area (Å²) in [5, 5.41) is 2.93. The molecule has 5 nitrogen and oxygen atoms in total. The third kappa shape index (κ3) is 3.54. The highest BCUT2D eigenvalue weighted by Crippen LogP contribution is 2.47. The van der Waals surface area contributed by atoms with Crippen LogP contribution in [0.2, 0.25) is 0 Å². The first-order valence-corrected chi connectivity index (χ1v) is 10.0. The summed E-state index contributed by atoms with van der Waals surface area (Å²) >= 11 is 1.70. The zero-order chi connectivity index (χ0) is 19.0. The molecule has 2 heterocycles. The molecule has 2 saturated heterocycles. The summed E-state index contributed by atoms with van der Waals surface area (Å²) in [6, 6.07) is 14.7. The third-order valence-electron chi connectivity index (χ3n) is 5.09. The van der Waals surface area contributed by atoms with Gasteiger partial charge in [-0.3, -0.25) is 9.59 Å². The highest BCUT2D eigenvalue weighted by molar-refractivity contribution is 8.01. The van der Waals surface area contributed by atoms with Crippen LogP contribution in [-0.4, -0.2) is 33.4 Å². The van der Waals surface area contributed by atoms with Crippen molar-refractivity contribution in [1.29, 1.82) is 0 Å². The van der Waals surface area contributed by atoms with Crippen molar-refractivity contribution >= 4 is 29.3 Å². The van der Waals surface area contributed by atoms with Crippen molar-refractivity contribution < 1.29 is 14.3 Å². The minimum atomic E-state index is -0.404. The first-order valence-electron chi connectivity index (χ1n) is 9.06. The molecule has 0 unspecified atom stereocenters. The van der Waals surface area contributed by atoms with E-state index in [-0.39, 0.29) is 16.7 Å². The Morgan fingerprint density at radius 1 is 1.22 bits per heavy atom. The maximum absolute atomic E-state index is 12.7. The predicted molar refractivity (Wildman–Crippen MR) is 107 cm³/mol. The molecule has 2 aromatic rings. The minimum absolute atomic E-state index is 0.0737. The lowest BCUT2D eigenvalue weighted by molar-refractivity contribution is -0.135. The van der Waals surface area contributed by atoms with Crippen LogP contribution in [-0.2, 0) is 9.59 Å². The summed E-state index contributed by atoms with van der Waals surface area (Å²) in [6.45, 7) is 4.07. The van der Waals surface area contributed by atoms with Gasteiger partial charge in [0.2, 0.25) is 11.8 Å². The van der Waals surface area contributed by atoms with Crippen molar-refractivity contribution in [2.75, 3.05) is 11.1 Å². The molecule has 2 aliphatic heterocycles. The van der Waals surface area contributed by atoms with Gasteiger partial charge < -0.3 is 15.0 Å². The lowest BCUT2D eigenvalue weighted by atomic mass is 10.2. The van der Waals surface area contributed by atoms with Gasteiger partial charge in [-0.05, 0) is 62.2 Å². The fourth-order valence-electron chi connectivity index (χ4n) is 3.66. The third-order valence-corrected chi connectivity index (χ3v) is 6.60. The average molecular weight is 382 g/mol. The molecule has 140 valence electrons. The van der Waals surface area contributed by atoms with E-state index in [1.165, 1.54) is 0 Å². The molecule has 2 amide bonds. The van der Waals surface area contributed by atoms with Crippen molar-refractivity contribution in [3.05, 3.63) is 54.1 Å². The summed E-state index contributed by atoms with van der Waals surface area (Å²) < 4.78 is 5.83. The number of ether oxygens (including phenoxy) is 1. The summed E-state index contributed by atoms with van der Waals surface area (Å²) in [6.07, 6.45) is 1.34. The number of fused-ring (bicyclic) bond motifs is 1. The molecule has 0 aromatic heterocycles. The van der Waals surface area contributed by atoms with Crippen LogP contribution in [0.5, 0.6) is 11.5 Å². The number of carbonyl (C=O) groups excluding carboxylic acids is 2. The standard InChI is InChI=1S/C21H22N2O3S/c1-14-4-3-5-17(12-14)26-16-8-6-15(7-9-16)22-20(25)18-13-27-21(2)11-10-19(24)23(18)21/h3-9,12,18H,10-11,13H2,1-2H3,(H,22,25)/t18-,21-/m1/s1. The second-order valence-corrected chi connectivity index (χ2v) is 8.70. The van der Waals surface area contributed by atoms with Gasteiger partial charge in [-0.15, -0.1) is 11.8 Å². The minimum Gasteiger partial charge on any atom is -0.457 e. The van der Waals surface area contributed by atoms with Crippen molar-refractivity contribution in [2.45, 2.75) is 37.6 Å². The molecule has 2 aromatic carbocycles. The molecule has 2 aliphatic rings. The zero-order valence-corrected chi connectivity index (χ0v) is 16.2. The Balaban J connectivity index is 1.41. The Hall–Kier alpha value is -2.47. The van der Waals surface area contributed by atoms with Gasteiger partial charge in [0.25, 0.3) is 0 Å². The van der Waals surface area contributed by atoms with Gasteiger partial charge in [-0.25, -0.2) is 0 Å². The monoisotopic (exact) mass is 382 g/mol. The van der Waals surface area contributed by atoms with Gasteiger partial charge >= 0.3 is 0 Å². The number of thioether (sulfide) groups is 1. The number of carbonyl (C=O) groups is 2. The van der Waals surface area contributed by atoms with Crippen LogP contribution < -0.4 is 10.1 Å². The molecule has 6 heteroatoms. The first-order chi connectivity index (χ1) is 12.9. The van der Waals surface area contributed by atoms with Gasteiger partial charge in [0, 0.05) is 17.9 Å². The molecule has 0 spiro atoms. The Kier molecular flexibility index (Phi) is 4.60. The smallest absolute Gasteiger partial charge is 0.248 e. The van der Waals surface area contributed by atoms with Crippen molar-refractivity contribution in [2.24, 2.45) is 0 Å². The maximum atomic E-state index is 12.7. The molecule has 4 rings (SSSR count). The number of nitrogens with zero attached hydrogens (tertiary/aromatic N) is 1. The van der Waals surface area contributed by atoms with E-state index in [0.29, 0.717) is 23.6 Å². The number of rotatable bonds is 4. The number of benzene rings is 2. The number of amides is 2. The van der Waals surface area contributed by atoms with Gasteiger partial charge in [-0.2, -0.15) is 0 Å². The van der Waals surface area contributed by atoms with Gasteiger partial charge in [-0.1, -0.05) is 12.1 Å². The Morgan fingerprint density at radius 3 is 2.74 bits per heavy atom. The number of nitrogens with one attached hydrogen (secondary N) is 1. The molecule has 0 bridgehead atoms. The second kappa shape index (κ2) is 6.93. The molecule has 1 N–H and O–H groups in total. The molecule has 0 radical (unpaired) electrons. The van der Waals surface area contributed by atoms with Crippen LogP contribution in [0.3, 0.4) is 0 Å². The summed E-state index contributed by atoms with van der Waals surface area (Å²) in [5.74, 6) is 2.07. The van der Waals surface area contributed by atoms with Crippen LogP contribution in [0.4, 0.5) is 5.69 Å². The quantitative estimate of drug-likeness (QED) is 0.862. The van der Waals surface area contributed by atoms with Crippen LogP contribution >= 0.6 is 11.8 Å². The first kappa shape index (κ1) is 17.9. The van der Waals surface area contributed by atoms with E-state index in [1.807, 2.05) is 62.4 Å². The fraction of sp³-hybridized carbons (Fsp3) is 0.333. The van der Waals surface area contributed by atoms with E-state index in [1.54, 1.807) is 16.7 Å². The van der Waals surface area contributed by atoms with E-state index in [9.17, 15) is 9.59 Å². The molecule has 0 aliphatic carbocycles. The zero-order valence-electron chi connectivity index (χ0n) is 15.4. The predicted octanol–water partition coefficient (Wildman–Crippen LogP) is 4.18. The molecule has 0 saturated carbocycles. The maximum Gasteiger partial charge on any atom is 0.248 e. The van der Waals surface area contributed by atoms with Gasteiger partial charge in [0.1, 0.15) is 17.5 Å². The summed E-state index contributed by atoms with van der Waals surface area (Å²) in [4.78, 5) is 26.4. The van der Waals surface area contributed by atoms with Crippen molar-refractivity contribution in [3.8, 4) is 11.5 Å². The fourth-order valence-corrected chi connectivity index (χ4v) is 5.09. The van der Waals surface area contributed by atoms with Gasteiger partial charge in [0.05, 0.1) is 4.87 Å². The van der Waals surface area contributed by atoms with E-state index in [2.05, 4.69) is 5.32 Å². The number of aryl methyl sites for hydroxylation is 1. The number of anilines is 1. The van der Waals surface area contributed by atoms with Gasteiger partial charge in [0.15, 0.2) is 0 Å². The molecule has 27 heavy (non-hydrogen) atoms. The van der Waals surface area contributed by atoms with Crippen molar-refractivity contribution in [3.63, 3.8) is 0 Å². The summed E-state index contributed by atoms with van der Waals surface area (Å²) in [7, 11) is 0. The van der Waals surface area contributed by atoms with E-state index in [0.717, 1.165) is 17.7 Å². The van der Waals surface area contributed by atoms with E-state index in [4.69, 9.17) is 4.74 Å². The lowest BCUT2D eigenvalue weighted by Crippen LogP contribution is -2.48. The average Bonchev–Trinajstić information content (AvgIpc) is 3.13. The second-order valence-electron chi connectivity index (χ2n) is 7.20. The van der Waals surface area contributed by atoms with E-state index >= 15 is 0 Å². The lowest BCUT2D eigenvalue weighted by Gasteiger charge is -2.29. The molecular formula is C21H22N2O3S. The SMILES string of the molecule is Cc1cccc(Oc2ccc(NC(=O)[C@H]3CS[C@]4(C)CCC(=O)N34)cc2)c1. The Bertz CT molecular complexity index is 883. The normalized spacial score (nSPS) is 24.0. The largest absolute Gasteiger partial charge is 0.457 e. The molecule has 2 atom stereocenters. The molecular weight excluding hydrogens is 360 g/mol. The van der Waals surface area contributed by atoms with Crippen LogP contribution in [0.15, 0.2) is 48.5 Å². The number of hydrogen-bond acceptors (Lipinski definition) is 4. The highest BCUT2D eigenvalue weighted by atomic mass is 32.2. The van der Waals surface area contributed by atoms with E-state index < -0.39 is 6.04 Å². The van der Waals surface area contributed by atoms with Crippen molar-refractivity contribution in [1.82, 2.24) is 4.90 Å². The van der Waals surface area contributed by atoms with Crippen LogP contribution in [0, 0.1) is 6.92 Å². The highest BCUT2D eigenvalue weighted by Gasteiger charge is 2.52. The Labute approximate surface area is 163 Å². The van der Waals surface area contributed by atoms with Crippen LogP contribution in [0.25, 0.3) is 0 Å². The van der Waals surface area contributed by atoms with Crippen LogP contribution in [0.1, 0.15) is 25.3 Å². The number of hydrogen-bond donors (Lipinski definition) is 1. The topological polar surface area (TPSA) is 58.6 Å².